The van der Waals surface area contributed by atoms with E-state index in [2.05, 4.69) is 36.4 Å². The molecule has 2 rings (SSSR count). The quantitative estimate of drug-likeness (QED) is 0.803. The van der Waals surface area contributed by atoms with E-state index in [1.165, 1.54) is 0 Å². The van der Waals surface area contributed by atoms with Crippen molar-refractivity contribution in [3.05, 3.63) is 40.1 Å². The Bertz CT molecular complexity index is 568. The number of carbonyl (C=O) groups is 1. The lowest BCUT2D eigenvalue weighted by molar-refractivity contribution is 0.0929. The summed E-state index contributed by atoms with van der Waals surface area (Å²) < 4.78 is 0.940. The number of halogens is 1. The second kappa shape index (κ2) is 5.18. The Kier molecular flexibility index (Phi) is 3.61. The lowest BCUT2D eigenvalue weighted by Crippen LogP contribution is -2.27. The van der Waals surface area contributed by atoms with E-state index in [1.54, 1.807) is 0 Å². The molecule has 18 heavy (non-hydrogen) atoms. The van der Waals surface area contributed by atoms with Crippen LogP contribution in [0.4, 0.5) is 5.95 Å². The molecule has 0 aliphatic heterocycles. The van der Waals surface area contributed by atoms with Crippen LogP contribution < -0.4 is 11.1 Å². The van der Waals surface area contributed by atoms with E-state index in [0.29, 0.717) is 0 Å². The Morgan fingerprint density at radius 3 is 2.83 bits per heavy atom. The number of nitrogens with one attached hydrogen (secondary N) is 2. The predicted molar refractivity (Wildman–Crippen MR) is 70.8 cm³/mol. The molecule has 0 aliphatic carbocycles. The highest BCUT2D eigenvalue weighted by Crippen LogP contribution is 2.22. The smallest absolute Gasteiger partial charge is 0.289 e. The van der Waals surface area contributed by atoms with E-state index in [1.807, 2.05) is 31.2 Å². The molecule has 94 valence electrons. The number of hydrogen-bond acceptors (Lipinski definition) is 4. The van der Waals surface area contributed by atoms with E-state index in [0.717, 1.165) is 10.0 Å². The van der Waals surface area contributed by atoms with Gasteiger partial charge in [-0.3, -0.25) is 9.89 Å². The number of hydrogen-bond donors (Lipinski definition) is 3. The maximum Gasteiger partial charge on any atom is 0.289 e. The van der Waals surface area contributed by atoms with Crippen LogP contribution in [0.3, 0.4) is 0 Å². The number of aromatic amines is 1. The third-order valence-corrected chi connectivity index (χ3v) is 3.16. The largest absolute Gasteiger partial charge is 0.366 e. The van der Waals surface area contributed by atoms with Crippen molar-refractivity contribution in [3.8, 4) is 0 Å². The lowest BCUT2D eigenvalue weighted by Gasteiger charge is -2.14. The Labute approximate surface area is 112 Å². The third kappa shape index (κ3) is 2.67. The van der Waals surface area contributed by atoms with E-state index in [4.69, 9.17) is 5.73 Å². The molecule has 0 unspecified atom stereocenters. The number of benzene rings is 1. The highest BCUT2D eigenvalue weighted by atomic mass is 79.9. The summed E-state index contributed by atoms with van der Waals surface area (Å²) in [4.78, 5) is 15.6. The number of carbonyl (C=O) groups excluding carboxylic acids is 1. The van der Waals surface area contributed by atoms with Gasteiger partial charge in [0.05, 0.1) is 6.04 Å². The fraction of sp³-hybridized carbons (Fsp3) is 0.182. The molecule has 0 saturated carbocycles. The normalized spacial score (nSPS) is 12.1. The van der Waals surface area contributed by atoms with Crippen LogP contribution in [0.2, 0.25) is 0 Å². The van der Waals surface area contributed by atoms with Crippen molar-refractivity contribution in [3.63, 3.8) is 0 Å². The summed E-state index contributed by atoms with van der Waals surface area (Å²) in [7, 11) is 0. The first-order chi connectivity index (χ1) is 8.58. The first kappa shape index (κ1) is 12.6. The van der Waals surface area contributed by atoms with E-state index in [9.17, 15) is 4.79 Å². The van der Waals surface area contributed by atoms with Gasteiger partial charge in [-0.15, -0.1) is 5.10 Å². The van der Waals surface area contributed by atoms with Crippen LogP contribution >= 0.6 is 15.9 Å². The summed E-state index contributed by atoms with van der Waals surface area (Å²) in [5.74, 6) is -0.192. The zero-order chi connectivity index (χ0) is 13.1. The summed E-state index contributed by atoms with van der Waals surface area (Å²) >= 11 is 3.44. The van der Waals surface area contributed by atoms with Crippen LogP contribution in [0.1, 0.15) is 29.1 Å². The van der Waals surface area contributed by atoms with Gasteiger partial charge in [-0.1, -0.05) is 34.1 Å². The minimum atomic E-state index is -0.345. The molecule has 0 radical (unpaired) electrons. The van der Waals surface area contributed by atoms with Gasteiger partial charge in [-0.05, 0) is 18.6 Å². The van der Waals surface area contributed by atoms with Crippen LogP contribution in [0.15, 0.2) is 28.7 Å². The van der Waals surface area contributed by atoms with Gasteiger partial charge < -0.3 is 11.1 Å². The summed E-state index contributed by atoms with van der Waals surface area (Å²) in [6, 6.07) is 7.53. The van der Waals surface area contributed by atoms with Crippen molar-refractivity contribution in [2.75, 3.05) is 5.73 Å². The summed E-state index contributed by atoms with van der Waals surface area (Å²) in [6.45, 7) is 1.89. The molecule has 1 heterocycles. The molecule has 0 spiro atoms. The highest BCUT2D eigenvalue weighted by molar-refractivity contribution is 9.10. The molecule has 0 saturated heterocycles. The van der Waals surface area contributed by atoms with Gasteiger partial charge in [0.25, 0.3) is 5.91 Å². The number of nitrogen functional groups attached to an aromatic ring is 1. The van der Waals surface area contributed by atoms with Crippen molar-refractivity contribution < 1.29 is 4.79 Å². The monoisotopic (exact) mass is 309 g/mol. The number of amides is 1. The van der Waals surface area contributed by atoms with Crippen molar-refractivity contribution in [2.24, 2.45) is 0 Å². The SMILES string of the molecule is C[C@@H](NC(=O)c1nc(N)n[nH]1)c1ccccc1Br. The number of nitrogens with zero attached hydrogens (tertiary/aromatic N) is 2. The van der Waals surface area contributed by atoms with Crippen LogP contribution in [0.25, 0.3) is 0 Å². The van der Waals surface area contributed by atoms with Gasteiger partial charge in [0.2, 0.25) is 11.8 Å². The van der Waals surface area contributed by atoms with Gasteiger partial charge in [0.1, 0.15) is 0 Å². The van der Waals surface area contributed by atoms with Crippen LogP contribution in [-0.2, 0) is 0 Å². The van der Waals surface area contributed by atoms with E-state index >= 15 is 0 Å². The average Bonchev–Trinajstić information content (AvgIpc) is 2.76. The minimum Gasteiger partial charge on any atom is -0.366 e. The number of H-pyrrole nitrogens is 1. The third-order valence-electron chi connectivity index (χ3n) is 2.44. The second-order valence-corrected chi connectivity index (χ2v) is 4.61. The van der Waals surface area contributed by atoms with Crippen molar-refractivity contribution in [1.82, 2.24) is 20.5 Å². The Balaban J connectivity index is 2.10. The molecule has 1 amide bonds. The topological polar surface area (TPSA) is 96.7 Å². The number of rotatable bonds is 3. The Morgan fingerprint density at radius 2 is 2.22 bits per heavy atom. The first-order valence-corrected chi connectivity index (χ1v) is 6.10. The molecule has 1 atom stereocenters. The molecule has 0 bridgehead atoms. The summed E-state index contributed by atoms with van der Waals surface area (Å²) in [5, 5.41) is 8.88. The van der Waals surface area contributed by atoms with Gasteiger partial charge in [-0.25, -0.2) is 0 Å². The van der Waals surface area contributed by atoms with Crippen molar-refractivity contribution >= 4 is 27.8 Å². The van der Waals surface area contributed by atoms with Gasteiger partial charge in [-0.2, -0.15) is 4.98 Å². The lowest BCUT2D eigenvalue weighted by atomic mass is 10.1. The van der Waals surface area contributed by atoms with Crippen LogP contribution in [-0.4, -0.2) is 21.1 Å². The standard InChI is InChI=1S/C11H12BrN5O/c1-6(7-4-2-3-5-8(7)12)14-10(18)9-15-11(13)17-16-9/h2-6H,1H3,(H,14,18)(H3,13,15,16,17)/t6-/m1/s1. The average molecular weight is 310 g/mol. The minimum absolute atomic E-state index is 0.0497. The molecule has 0 aliphatic rings. The Hall–Kier alpha value is -1.89. The van der Waals surface area contributed by atoms with Gasteiger partial charge >= 0.3 is 0 Å². The molecule has 6 nitrogen and oxygen atoms in total. The Morgan fingerprint density at radius 1 is 1.50 bits per heavy atom. The van der Waals surface area contributed by atoms with E-state index in [-0.39, 0.29) is 23.7 Å². The van der Waals surface area contributed by atoms with E-state index < -0.39 is 0 Å². The second-order valence-electron chi connectivity index (χ2n) is 3.76. The zero-order valence-electron chi connectivity index (χ0n) is 9.64. The first-order valence-electron chi connectivity index (χ1n) is 5.31. The molecule has 7 heteroatoms. The zero-order valence-corrected chi connectivity index (χ0v) is 11.2. The van der Waals surface area contributed by atoms with Crippen molar-refractivity contribution in [1.29, 1.82) is 0 Å². The number of nitrogens with two attached hydrogens (primary N) is 1. The fourth-order valence-corrected chi connectivity index (χ4v) is 2.17. The number of anilines is 1. The summed E-state index contributed by atoms with van der Waals surface area (Å²) in [5.41, 5.74) is 6.33. The highest BCUT2D eigenvalue weighted by Gasteiger charge is 2.15. The maximum absolute atomic E-state index is 11.8. The predicted octanol–water partition coefficient (Wildman–Crippen LogP) is 1.64. The van der Waals surface area contributed by atoms with Gasteiger partial charge in [0, 0.05) is 4.47 Å². The van der Waals surface area contributed by atoms with Crippen LogP contribution in [0, 0.1) is 0 Å². The fourth-order valence-electron chi connectivity index (χ4n) is 1.55. The maximum atomic E-state index is 11.8. The summed E-state index contributed by atoms with van der Waals surface area (Å²) in [6.07, 6.45) is 0. The number of aromatic nitrogens is 3. The molecule has 4 N–H and O–H groups in total. The van der Waals surface area contributed by atoms with Crippen molar-refractivity contribution in [2.45, 2.75) is 13.0 Å². The molecule has 1 aromatic carbocycles. The molecular formula is C11H12BrN5O. The van der Waals surface area contributed by atoms with Gasteiger partial charge in [0.15, 0.2) is 0 Å². The molecular weight excluding hydrogens is 298 g/mol. The molecule has 0 fully saturated rings. The van der Waals surface area contributed by atoms with Crippen LogP contribution in [0.5, 0.6) is 0 Å². The molecule has 2 aromatic rings. The molecule has 1 aromatic heterocycles.